The lowest BCUT2D eigenvalue weighted by Gasteiger charge is -2.24. The van der Waals surface area contributed by atoms with Crippen LogP contribution in [0.1, 0.15) is 32.8 Å². The van der Waals surface area contributed by atoms with Gasteiger partial charge in [-0.15, -0.1) is 0 Å². The standard InChI is InChI=1S/C14H19NO2/c1-4-14(2,3)11-5-7-12(8-6-11)15-9-10-17-13(15)16/h5-8H,4,9-10H2,1-3H3. The average molecular weight is 233 g/mol. The van der Waals surface area contributed by atoms with E-state index < -0.39 is 0 Å². The fraction of sp³-hybridized carbons (Fsp3) is 0.500. The van der Waals surface area contributed by atoms with E-state index in [4.69, 9.17) is 4.74 Å². The highest BCUT2D eigenvalue weighted by Crippen LogP contribution is 2.29. The summed E-state index contributed by atoms with van der Waals surface area (Å²) in [5.41, 5.74) is 2.41. The number of cyclic esters (lactones) is 1. The summed E-state index contributed by atoms with van der Waals surface area (Å²) in [6.07, 6.45) is 0.852. The first-order valence-corrected chi connectivity index (χ1v) is 6.09. The maximum atomic E-state index is 11.4. The molecular weight excluding hydrogens is 214 g/mol. The van der Waals surface area contributed by atoms with Gasteiger partial charge in [-0.2, -0.15) is 0 Å². The molecule has 0 radical (unpaired) electrons. The third kappa shape index (κ3) is 2.28. The molecule has 0 spiro atoms. The smallest absolute Gasteiger partial charge is 0.414 e. The molecule has 0 atom stereocenters. The molecule has 2 rings (SSSR count). The molecule has 0 unspecified atom stereocenters. The maximum absolute atomic E-state index is 11.4. The van der Waals surface area contributed by atoms with Crippen molar-refractivity contribution in [3.8, 4) is 0 Å². The Morgan fingerprint density at radius 1 is 1.29 bits per heavy atom. The minimum absolute atomic E-state index is 0.185. The van der Waals surface area contributed by atoms with E-state index in [1.807, 2.05) is 12.1 Å². The second-order valence-corrected chi connectivity index (χ2v) is 5.05. The minimum atomic E-state index is -0.243. The third-order valence-electron chi connectivity index (χ3n) is 3.61. The molecule has 0 aromatic heterocycles. The van der Waals surface area contributed by atoms with E-state index in [0.717, 1.165) is 12.1 Å². The van der Waals surface area contributed by atoms with E-state index in [1.54, 1.807) is 4.90 Å². The van der Waals surface area contributed by atoms with E-state index in [0.29, 0.717) is 13.2 Å². The zero-order valence-corrected chi connectivity index (χ0v) is 10.7. The first kappa shape index (κ1) is 12.0. The Bertz CT molecular complexity index is 409. The van der Waals surface area contributed by atoms with Gasteiger partial charge in [-0.1, -0.05) is 32.9 Å². The molecule has 1 aliphatic rings. The van der Waals surface area contributed by atoms with E-state index in [9.17, 15) is 4.79 Å². The topological polar surface area (TPSA) is 29.5 Å². The summed E-state index contributed by atoms with van der Waals surface area (Å²) in [4.78, 5) is 13.1. The number of hydrogen-bond donors (Lipinski definition) is 0. The zero-order chi connectivity index (χ0) is 12.5. The SMILES string of the molecule is CCC(C)(C)c1ccc(N2CCOC2=O)cc1. The first-order chi connectivity index (χ1) is 8.04. The average Bonchev–Trinajstić information content (AvgIpc) is 2.76. The Kier molecular flexibility index (Phi) is 3.09. The Morgan fingerprint density at radius 2 is 1.94 bits per heavy atom. The molecule has 1 aromatic rings. The van der Waals surface area contributed by atoms with Gasteiger partial charge in [0.15, 0.2) is 0 Å². The Labute approximate surface area is 102 Å². The number of benzene rings is 1. The maximum Gasteiger partial charge on any atom is 0.414 e. The number of rotatable bonds is 3. The van der Waals surface area contributed by atoms with Crippen molar-refractivity contribution >= 4 is 11.8 Å². The number of anilines is 1. The summed E-state index contributed by atoms with van der Waals surface area (Å²) in [5.74, 6) is 0. The zero-order valence-electron chi connectivity index (χ0n) is 10.7. The molecule has 0 saturated carbocycles. The molecule has 17 heavy (non-hydrogen) atoms. The van der Waals surface area contributed by atoms with Crippen LogP contribution < -0.4 is 4.90 Å². The molecule has 1 amide bonds. The van der Waals surface area contributed by atoms with Gasteiger partial charge in [0.05, 0.1) is 6.54 Å². The fourth-order valence-electron chi connectivity index (χ4n) is 1.92. The molecule has 92 valence electrons. The van der Waals surface area contributed by atoms with Gasteiger partial charge < -0.3 is 4.74 Å². The van der Waals surface area contributed by atoms with Crippen LogP contribution in [0.5, 0.6) is 0 Å². The van der Waals surface area contributed by atoms with Crippen LogP contribution in [0.4, 0.5) is 10.5 Å². The Hall–Kier alpha value is -1.51. The highest BCUT2D eigenvalue weighted by molar-refractivity contribution is 5.89. The van der Waals surface area contributed by atoms with Gasteiger partial charge in [-0.3, -0.25) is 4.90 Å². The Balaban J connectivity index is 2.21. The largest absolute Gasteiger partial charge is 0.447 e. The van der Waals surface area contributed by atoms with Crippen LogP contribution in [-0.2, 0) is 10.2 Å². The monoisotopic (exact) mass is 233 g/mol. The lowest BCUT2D eigenvalue weighted by Crippen LogP contribution is -2.23. The minimum Gasteiger partial charge on any atom is -0.447 e. The van der Waals surface area contributed by atoms with Crippen LogP contribution in [-0.4, -0.2) is 19.2 Å². The van der Waals surface area contributed by atoms with Gasteiger partial charge in [0.2, 0.25) is 0 Å². The lowest BCUT2D eigenvalue weighted by atomic mass is 9.82. The van der Waals surface area contributed by atoms with Crippen LogP contribution in [0, 0.1) is 0 Å². The fourth-order valence-corrected chi connectivity index (χ4v) is 1.92. The van der Waals surface area contributed by atoms with Crippen molar-refractivity contribution in [3.05, 3.63) is 29.8 Å². The predicted octanol–water partition coefficient (Wildman–Crippen LogP) is 3.33. The molecule has 1 heterocycles. The van der Waals surface area contributed by atoms with Crippen LogP contribution in [0.15, 0.2) is 24.3 Å². The lowest BCUT2D eigenvalue weighted by molar-refractivity contribution is 0.181. The van der Waals surface area contributed by atoms with Gasteiger partial charge in [0.1, 0.15) is 6.61 Å². The summed E-state index contributed by atoms with van der Waals surface area (Å²) >= 11 is 0. The number of carbonyl (C=O) groups excluding carboxylic acids is 1. The van der Waals surface area contributed by atoms with Gasteiger partial charge in [0, 0.05) is 5.69 Å². The molecular formula is C14H19NO2. The van der Waals surface area contributed by atoms with E-state index in [-0.39, 0.29) is 11.5 Å². The predicted molar refractivity (Wildman–Crippen MR) is 68.5 cm³/mol. The number of amides is 1. The Morgan fingerprint density at radius 3 is 2.41 bits per heavy atom. The van der Waals surface area contributed by atoms with Crippen molar-refractivity contribution in [1.82, 2.24) is 0 Å². The van der Waals surface area contributed by atoms with Crippen LogP contribution in [0.25, 0.3) is 0 Å². The molecule has 1 aliphatic heterocycles. The summed E-state index contributed by atoms with van der Waals surface area (Å²) < 4.78 is 4.93. The second-order valence-electron chi connectivity index (χ2n) is 5.05. The molecule has 0 bridgehead atoms. The summed E-state index contributed by atoms with van der Waals surface area (Å²) in [7, 11) is 0. The number of ether oxygens (including phenoxy) is 1. The van der Waals surface area contributed by atoms with E-state index in [2.05, 4.69) is 32.9 Å². The normalized spacial score (nSPS) is 16.2. The van der Waals surface area contributed by atoms with Crippen LogP contribution in [0.3, 0.4) is 0 Å². The summed E-state index contributed by atoms with van der Waals surface area (Å²) in [6, 6.07) is 8.20. The molecule has 0 aliphatic carbocycles. The van der Waals surface area contributed by atoms with Crippen molar-refractivity contribution in [2.45, 2.75) is 32.6 Å². The molecule has 1 aromatic carbocycles. The molecule has 3 nitrogen and oxygen atoms in total. The van der Waals surface area contributed by atoms with Crippen LogP contribution >= 0.6 is 0 Å². The van der Waals surface area contributed by atoms with Crippen molar-refractivity contribution < 1.29 is 9.53 Å². The number of carbonyl (C=O) groups is 1. The van der Waals surface area contributed by atoms with Crippen molar-refractivity contribution in [2.24, 2.45) is 0 Å². The number of hydrogen-bond acceptors (Lipinski definition) is 2. The van der Waals surface area contributed by atoms with Crippen LogP contribution in [0.2, 0.25) is 0 Å². The van der Waals surface area contributed by atoms with E-state index >= 15 is 0 Å². The van der Waals surface area contributed by atoms with Crippen molar-refractivity contribution in [2.75, 3.05) is 18.1 Å². The summed E-state index contributed by atoms with van der Waals surface area (Å²) in [5, 5.41) is 0. The molecule has 1 fully saturated rings. The summed E-state index contributed by atoms with van der Waals surface area (Å²) in [6.45, 7) is 7.78. The quantitative estimate of drug-likeness (QED) is 0.801. The van der Waals surface area contributed by atoms with Crippen molar-refractivity contribution in [1.29, 1.82) is 0 Å². The van der Waals surface area contributed by atoms with Crippen molar-refractivity contribution in [3.63, 3.8) is 0 Å². The van der Waals surface area contributed by atoms with Gasteiger partial charge >= 0.3 is 6.09 Å². The van der Waals surface area contributed by atoms with Gasteiger partial charge in [-0.25, -0.2) is 4.79 Å². The third-order valence-corrected chi connectivity index (χ3v) is 3.61. The number of nitrogens with zero attached hydrogens (tertiary/aromatic N) is 1. The van der Waals surface area contributed by atoms with E-state index in [1.165, 1.54) is 5.56 Å². The second kappa shape index (κ2) is 4.40. The van der Waals surface area contributed by atoms with Gasteiger partial charge in [-0.05, 0) is 29.5 Å². The molecule has 1 saturated heterocycles. The molecule has 3 heteroatoms. The highest BCUT2D eigenvalue weighted by atomic mass is 16.6. The van der Waals surface area contributed by atoms with Gasteiger partial charge in [0.25, 0.3) is 0 Å². The first-order valence-electron chi connectivity index (χ1n) is 6.09. The highest BCUT2D eigenvalue weighted by Gasteiger charge is 2.24. The molecule has 0 N–H and O–H groups in total.